The van der Waals surface area contributed by atoms with Gasteiger partial charge in [0.15, 0.2) is 0 Å². The van der Waals surface area contributed by atoms with Gasteiger partial charge in [-0.25, -0.2) is 0 Å². The van der Waals surface area contributed by atoms with Crippen molar-refractivity contribution in [2.75, 3.05) is 0 Å². The molecule has 0 amide bonds. The molecule has 0 unspecified atom stereocenters. The van der Waals surface area contributed by atoms with E-state index in [9.17, 15) is 4.79 Å². The molecule has 1 aromatic heterocycles. The molecule has 1 aromatic rings. The molecule has 14 heavy (non-hydrogen) atoms. The Morgan fingerprint density at radius 3 is 2.71 bits per heavy atom. The fourth-order valence-electron chi connectivity index (χ4n) is 1.94. The first kappa shape index (κ1) is 9.33. The third-order valence-corrected chi connectivity index (χ3v) is 2.86. The van der Waals surface area contributed by atoms with Crippen molar-refractivity contribution in [1.29, 1.82) is 0 Å². The Balaban J connectivity index is 2.28. The molecule has 0 saturated heterocycles. The molecule has 1 aliphatic rings. The highest BCUT2D eigenvalue weighted by Gasteiger charge is 2.39. The van der Waals surface area contributed by atoms with Gasteiger partial charge >= 0.3 is 0 Å². The van der Waals surface area contributed by atoms with Crippen molar-refractivity contribution >= 4 is 5.78 Å². The van der Waals surface area contributed by atoms with E-state index in [4.69, 9.17) is 5.73 Å². The van der Waals surface area contributed by atoms with Crippen LogP contribution >= 0.6 is 0 Å². The summed E-state index contributed by atoms with van der Waals surface area (Å²) in [5.74, 6) is 0.296. The number of ketones is 1. The van der Waals surface area contributed by atoms with Crippen LogP contribution in [-0.2, 0) is 7.05 Å². The SMILES string of the molecule is Cn1cnnc1C(=O)C1(N)CCCC1. The van der Waals surface area contributed by atoms with Crippen molar-refractivity contribution in [2.24, 2.45) is 12.8 Å². The van der Waals surface area contributed by atoms with Crippen LogP contribution in [0.5, 0.6) is 0 Å². The average molecular weight is 194 g/mol. The average Bonchev–Trinajstić information content (AvgIpc) is 2.74. The van der Waals surface area contributed by atoms with Gasteiger partial charge in [0.2, 0.25) is 11.6 Å². The van der Waals surface area contributed by atoms with E-state index in [-0.39, 0.29) is 5.78 Å². The molecule has 0 spiro atoms. The molecule has 1 heterocycles. The number of nitrogens with two attached hydrogens (primary N) is 1. The number of nitrogens with zero attached hydrogens (tertiary/aromatic N) is 3. The smallest absolute Gasteiger partial charge is 0.219 e. The van der Waals surface area contributed by atoms with Crippen LogP contribution < -0.4 is 5.73 Å². The van der Waals surface area contributed by atoms with Gasteiger partial charge in [0.1, 0.15) is 6.33 Å². The van der Waals surface area contributed by atoms with Crippen LogP contribution in [0.1, 0.15) is 36.3 Å². The molecule has 5 heteroatoms. The minimum absolute atomic E-state index is 0.0741. The molecule has 0 bridgehead atoms. The molecule has 1 saturated carbocycles. The zero-order valence-corrected chi connectivity index (χ0v) is 8.23. The van der Waals surface area contributed by atoms with Crippen LogP contribution in [0.3, 0.4) is 0 Å². The second-order valence-electron chi connectivity index (χ2n) is 3.96. The lowest BCUT2D eigenvalue weighted by molar-refractivity contribution is 0.0877. The van der Waals surface area contributed by atoms with E-state index in [0.717, 1.165) is 25.7 Å². The van der Waals surface area contributed by atoms with E-state index in [0.29, 0.717) is 5.82 Å². The van der Waals surface area contributed by atoms with Crippen LogP contribution in [0.4, 0.5) is 0 Å². The number of carbonyl (C=O) groups is 1. The predicted octanol–water partition coefficient (Wildman–Crippen LogP) is 0.269. The number of aromatic nitrogens is 3. The molecule has 5 nitrogen and oxygen atoms in total. The molecule has 0 aromatic carbocycles. The van der Waals surface area contributed by atoms with Crippen molar-refractivity contribution in [1.82, 2.24) is 14.8 Å². The first-order valence-corrected chi connectivity index (χ1v) is 4.81. The number of Topliss-reactive ketones (excluding diaryl/α,β-unsaturated/α-hetero) is 1. The molecule has 0 aliphatic heterocycles. The summed E-state index contributed by atoms with van der Waals surface area (Å²) in [5, 5.41) is 7.47. The van der Waals surface area contributed by atoms with Crippen LogP contribution in [0.25, 0.3) is 0 Å². The summed E-state index contributed by atoms with van der Waals surface area (Å²) in [6.07, 6.45) is 5.10. The standard InChI is InChI=1S/C9H14N4O/c1-13-6-11-12-8(13)7(14)9(10)4-2-3-5-9/h6H,2-5,10H2,1H3. The van der Waals surface area contributed by atoms with E-state index < -0.39 is 5.54 Å². The lowest BCUT2D eigenvalue weighted by atomic mass is 9.93. The van der Waals surface area contributed by atoms with E-state index >= 15 is 0 Å². The van der Waals surface area contributed by atoms with E-state index in [1.807, 2.05) is 0 Å². The van der Waals surface area contributed by atoms with Crippen molar-refractivity contribution in [3.63, 3.8) is 0 Å². The van der Waals surface area contributed by atoms with Gasteiger partial charge in [-0.1, -0.05) is 12.8 Å². The molecule has 1 aliphatic carbocycles. The molecular formula is C9H14N4O. The summed E-state index contributed by atoms with van der Waals surface area (Å²) in [6.45, 7) is 0. The van der Waals surface area contributed by atoms with Gasteiger partial charge in [0.25, 0.3) is 0 Å². The zero-order chi connectivity index (χ0) is 10.2. The lowest BCUT2D eigenvalue weighted by Gasteiger charge is -2.20. The van der Waals surface area contributed by atoms with Gasteiger partial charge in [-0.15, -0.1) is 10.2 Å². The van der Waals surface area contributed by atoms with Crippen molar-refractivity contribution < 1.29 is 4.79 Å². The van der Waals surface area contributed by atoms with Gasteiger partial charge < -0.3 is 10.3 Å². The highest BCUT2D eigenvalue weighted by atomic mass is 16.1. The van der Waals surface area contributed by atoms with Crippen molar-refractivity contribution in [3.8, 4) is 0 Å². The van der Waals surface area contributed by atoms with Crippen LogP contribution in [-0.4, -0.2) is 26.1 Å². The maximum Gasteiger partial charge on any atom is 0.219 e. The highest BCUT2D eigenvalue weighted by Crippen LogP contribution is 2.29. The minimum atomic E-state index is -0.694. The Bertz CT molecular complexity index is 351. The van der Waals surface area contributed by atoms with E-state index in [1.165, 1.54) is 6.33 Å². The molecular weight excluding hydrogens is 180 g/mol. The lowest BCUT2D eigenvalue weighted by Crippen LogP contribution is -2.46. The van der Waals surface area contributed by atoms with Crippen LogP contribution in [0.2, 0.25) is 0 Å². The summed E-state index contributed by atoms with van der Waals surface area (Å²) >= 11 is 0. The molecule has 76 valence electrons. The number of carbonyl (C=O) groups excluding carboxylic acids is 1. The van der Waals surface area contributed by atoms with Crippen molar-refractivity contribution in [3.05, 3.63) is 12.2 Å². The van der Waals surface area contributed by atoms with E-state index in [1.54, 1.807) is 11.6 Å². The first-order chi connectivity index (χ1) is 6.63. The minimum Gasteiger partial charge on any atom is -0.319 e. The number of hydrogen-bond acceptors (Lipinski definition) is 4. The Hall–Kier alpha value is -1.23. The summed E-state index contributed by atoms with van der Waals surface area (Å²) in [7, 11) is 1.76. The fraction of sp³-hybridized carbons (Fsp3) is 0.667. The monoisotopic (exact) mass is 194 g/mol. The largest absolute Gasteiger partial charge is 0.319 e. The summed E-state index contributed by atoms with van der Waals surface area (Å²) < 4.78 is 1.62. The second kappa shape index (κ2) is 3.16. The third kappa shape index (κ3) is 1.33. The Morgan fingerprint density at radius 2 is 2.21 bits per heavy atom. The Kier molecular flexibility index (Phi) is 2.11. The molecule has 0 radical (unpaired) electrons. The molecule has 1 fully saturated rings. The van der Waals surface area contributed by atoms with Gasteiger partial charge in [-0.3, -0.25) is 4.79 Å². The fourth-order valence-corrected chi connectivity index (χ4v) is 1.94. The third-order valence-electron chi connectivity index (χ3n) is 2.86. The van der Waals surface area contributed by atoms with Gasteiger partial charge in [-0.05, 0) is 12.8 Å². The first-order valence-electron chi connectivity index (χ1n) is 4.81. The molecule has 2 rings (SSSR count). The van der Waals surface area contributed by atoms with Crippen molar-refractivity contribution in [2.45, 2.75) is 31.2 Å². The Labute approximate surface area is 82.3 Å². The second-order valence-corrected chi connectivity index (χ2v) is 3.96. The number of hydrogen-bond donors (Lipinski definition) is 1. The van der Waals surface area contributed by atoms with Gasteiger partial charge in [-0.2, -0.15) is 0 Å². The normalized spacial score (nSPS) is 19.9. The molecule has 0 atom stereocenters. The van der Waals surface area contributed by atoms with Crippen LogP contribution in [0.15, 0.2) is 6.33 Å². The maximum absolute atomic E-state index is 12.0. The Morgan fingerprint density at radius 1 is 1.57 bits per heavy atom. The zero-order valence-electron chi connectivity index (χ0n) is 8.23. The predicted molar refractivity (Wildman–Crippen MR) is 50.7 cm³/mol. The summed E-state index contributed by atoms with van der Waals surface area (Å²) in [4.78, 5) is 12.0. The number of aryl methyl sites for hydroxylation is 1. The highest BCUT2D eigenvalue weighted by molar-refractivity contribution is 6.00. The topological polar surface area (TPSA) is 73.8 Å². The van der Waals surface area contributed by atoms with E-state index in [2.05, 4.69) is 10.2 Å². The summed E-state index contributed by atoms with van der Waals surface area (Å²) in [5.41, 5.74) is 5.34. The quantitative estimate of drug-likeness (QED) is 0.686. The van der Waals surface area contributed by atoms with Gasteiger partial charge in [0.05, 0.1) is 5.54 Å². The number of rotatable bonds is 2. The van der Waals surface area contributed by atoms with Gasteiger partial charge in [0, 0.05) is 7.05 Å². The maximum atomic E-state index is 12.0. The van der Waals surface area contributed by atoms with Crippen LogP contribution in [0, 0.1) is 0 Å². The molecule has 2 N–H and O–H groups in total. The summed E-state index contributed by atoms with van der Waals surface area (Å²) in [6, 6.07) is 0.